The van der Waals surface area contributed by atoms with Crippen LogP contribution in [0.3, 0.4) is 0 Å². The van der Waals surface area contributed by atoms with Crippen molar-refractivity contribution >= 4 is 57.4 Å². The number of rotatable bonds is 18. The second-order valence-electron chi connectivity index (χ2n) is 15.7. The molecule has 4 aromatic rings. The second kappa shape index (κ2) is 18.9. The number of aryl methyl sites for hydroxylation is 1. The molecule has 1 aromatic heterocycles. The number of benzene rings is 3. The number of amides is 4. The number of nitrogens with one attached hydrogen (secondary N) is 2. The SMILES string of the molecule is NC(=S)c1cccc(-c2cn(C3CCC(F)(F)CC3)c3cc(NC(=O)CCCOCCCOCCCCc4cccc5c4CN(C4CCC(=O)NC4=O)C5=O)ccc23)c1. The lowest BCUT2D eigenvalue weighted by Crippen LogP contribution is -2.52. The molecule has 1 unspecified atom stereocenters. The number of thiocarbonyl (C=S) groups is 1. The highest BCUT2D eigenvalue weighted by atomic mass is 32.1. The molecule has 3 aliphatic rings. The molecule has 0 radical (unpaired) electrons. The van der Waals surface area contributed by atoms with Crippen LogP contribution in [0.1, 0.15) is 104 Å². The average Bonchev–Trinajstić information content (AvgIpc) is 3.76. The van der Waals surface area contributed by atoms with Crippen molar-refractivity contribution in [2.75, 3.05) is 31.7 Å². The number of alkyl halides is 2. The molecule has 4 N–H and O–H groups in total. The molecule has 1 saturated heterocycles. The number of carbonyl (C=O) groups is 4. The zero-order chi connectivity index (χ0) is 41.5. The molecule has 1 atom stereocenters. The topological polar surface area (TPSA) is 145 Å². The van der Waals surface area contributed by atoms with Gasteiger partial charge in [0.2, 0.25) is 23.6 Å². The Hall–Kier alpha value is -5.05. The predicted molar refractivity (Wildman–Crippen MR) is 225 cm³/mol. The van der Waals surface area contributed by atoms with Crippen LogP contribution in [0.15, 0.2) is 66.9 Å². The molecule has 312 valence electrons. The molecule has 3 heterocycles. The van der Waals surface area contributed by atoms with E-state index in [0.717, 1.165) is 64.4 Å². The Balaban J connectivity index is 0.804. The number of halogens is 2. The Morgan fingerprint density at radius 2 is 1.64 bits per heavy atom. The number of unbranched alkanes of at least 4 members (excludes halogenated alkanes) is 1. The molecule has 2 aliphatic heterocycles. The second-order valence-corrected chi connectivity index (χ2v) is 16.2. The lowest BCUT2D eigenvalue weighted by molar-refractivity contribution is -0.137. The van der Waals surface area contributed by atoms with Gasteiger partial charge in [-0.1, -0.05) is 48.6 Å². The summed E-state index contributed by atoms with van der Waals surface area (Å²) in [6.07, 6.45) is 7.16. The zero-order valence-corrected chi connectivity index (χ0v) is 33.9. The Morgan fingerprint density at radius 1 is 0.898 bits per heavy atom. The average molecular weight is 828 g/mol. The molecule has 0 bridgehead atoms. The fraction of sp³-hybridized carbons (Fsp3) is 0.444. The van der Waals surface area contributed by atoms with Gasteiger partial charge in [0.1, 0.15) is 11.0 Å². The van der Waals surface area contributed by atoms with E-state index in [1.165, 1.54) is 0 Å². The van der Waals surface area contributed by atoms with E-state index in [2.05, 4.69) is 15.2 Å². The van der Waals surface area contributed by atoms with Gasteiger partial charge in [-0.25, -0.2) is 8.78 Å². The molecular formula is C45H51F2N5O6S. The van der Waals surface area contributed by atoms with Gasteiger partial charge in [-0.05, 0) is 92.3 Å². The van der Waals surface area contributed by atoms with Crippen molar-refractivity contribution in [3.63, 3.8) is 0 Å². The number of hydrogen-bond acceptors (Lipinski definition) is 7. The molecule has 7 rings (SSSR count). The maximum atomic E-state index is 14.1. The van der Waals surface area contributed by atoms with Crippen molar-refractivity contribution in [2.45, 2.75) is 102 Å². The molecule has 11 nitrogen and oxygen atoms in total. The smallest absolute Gasteiger partial charge is 0.255 e. The lowest BCUT2D eigenvalue weighted by atomic mass is 9.92. The molecule has 59 heavy (non-hydrogen) atoms. The van der Waals surface area contributed by atoms with Crippen LogP contribution >= 0.6 is 12.2 Å². The molecule has 14 heteroatoms. The number of nitrogens with zero attached hydrogens (tertiary/aromatic N) is 2. The molecule has 4 amide bonds. The number of fused-ring (bicyclic) bond motifs is 2. The van der Waals surface area contributed by atoms with Crippen LogP contribution in [0, 0.1) is 0 Å². The number of piperidine rings is 1. The minimum Gasteiger partial charge on any atom is -0.389 e. The van der Waals surface area contributed by atoms with Gasteiger partial charge >= 0.3 is 0 Å². The van der Waals surface area contributed by atoms with Crippen molar-refractivity contribution in [1.82, 2.24) is 14.8 Å². The Kier molecular flexibility index (Phi) is 13.5. The number of carbonyl (C=O) groups excluding carboxylic acids is 4. The summed E-state index contributed by atoms with van der Waals surface area (Å²) in [5, 5.41) is 6.31. The van der Waals surface area contributed by atoms with Gasteiger partial charge in [-0.3, -0.25) is 24.5 Å². The third-order valence-corrected chi connectivity index (χ3v) is 11.8. The number of nitrogens with two attached hydrogens (primary N) is 1. The number of ether oxygens (including phenoxy) is 2. The van der Waals surface area contributed by atoms with Gasteiger partial charge in [0.25, 0.3) is 5.91 Å². The summed E-state index contributed by atoms with van der Waals surface area (Å²) in [5.41, 5.74) is 12.7. The fourth-order valence-corrected chi connectivity index (χ4v) is 8.56. The van der Waals surface area contributed by atoms with Gasteiger partial charge in [0.05, 0.1) is 5.52 Å². The first kappa shape index (κ1) is 42.1. The molecule has 1 aliphatic carbocycles. The third-order valence-electron chi connectivity index (χ3n) is 11.6. The summed E-state index contributed by atoms with van der Waals surface area (Å²) < 4.78 is 41.8. The summed E-state index contributed by atoms with van der Waals surface area (Å²) in [5.74, 6) is -3.64. The van der Waals surface area contributed by atoms with E-state index < -0.39 is 17.9 Å². The Labute approximate surface area is 348 Å². The van der Waals surface area contributed by atoms with Crippen LogP contribution in [0.2, 0.25) is 0 Å². The van der Waals surface area contributed by atoms with E-state index in [1.807, 2.05) is 60.8 Å². The van der Waals surface area contributed by atoms with Crippen molar-refractivity contribution in [1.29, 1.82) is 0 Å². The zero-order valence-electron chi connectivity index (χ0n) is 33.1. The highest BCUT2D eigenvalue weighted by Crippen LogP contribution is 2.42. The minimum atomic E-state index is -2.64. The van der Waals surface area contributed by atoms with E-state index in [-0.39, 0.29) is 49.4 Å². The first-order valence-electron chi connectivity index (χ1n) is 20.6. The highest BCUT2D eigenvalue weighted by Gasteiger charge is 2.40. The van der Waals surface area contributed by atoms with Gasteiger partial charge in [-0.15, -0.1) is 0 Å². The number of imide groups is 1. The predicted octanol–water partition coefficient (Wildman–Crippen LogP) is 7.62. The molecule has 0 spiro atoms. The standard InChI is InChI=1S/C45H51F2N5O6S/c46-45(47)19-17-33(18-20-45)51-27-37(30-9-3-10-31(25-30)42(48)59)34-14-13-32(26-39(34)51)49-40(53)12-5-22-58-24-6-23-57-21-2-1-7-29-8-4-11-35-36(29)28-52(44(35)56)38-15-16-41(54)50-43(38)55/h3-4,8-11,13-14,25-27,33,38H,1-2,5-7,12,15-24,28H2,(H2,48,59)(H,49,53)(H,50,54,55). The van der Waals surface area contributed by atoms with Crippen LogP contribution in [0.5, 0.6) is 0 Å². The van der Waals surface area contributed by atoms with Crippen LogP contribution < -0.4 is 16.4 Å². The van der Waals surface area contributed by atoms with Crippen LogP contribution in [-0.2, 0) is 36.8 Å². The van der Waals surface area contributed by atoms with Gasteiger partial charge < -0.3 is 30.0 Å². The summed E-state index contributed by atoms with van der Waals surface area (Å²) in [7, 11) is 0. The fourth-order valence-electron chi connectivity index (χ4n) is 8.43. The number of hydrogen-bond donors (Lipinski definition) is 3. The first-order chi connectivity index (χ1) is 28.5. The minimum absolute atomic E-state index is 0.0871. The maximum Gasteiger partial charge on any atom is 0.255 e. The van der Waals surface area contributed by atoms with Crippen LogP contribution in [-0.4, -0.2) is 76.5 Å². The Morgan fingerprint density at radius 3 is 2.41 bits per heavy atom. The van der Waals surface area contributed by atoms with Crippen molar-refractivity contribution in [3.8, 4) is 11.1 Å². The van der Waals surface area contributed by atoms with E-state index in [4.69, 9.17) is 27.4 Å². The third kappa shape index (κ3) is 10.2. The van der Waals surface area contributed by atoms with Crippen LogP contribution in [0.25, 0.3) is 22.0 Å². The highest BCUT2D eigenvalue weighted by molar-refractivity contribution is 7.80. The van der Waals surface area contributed by atoms with Crippen LogP contribution in [0.4, 0.5) is 14.5 Å². The van der Waals surface area contributed by atoms with E-state index in [0.29, 0.717) is 74.9 Å². The monoisotopic (exact) mass is 827 g/mol. The quantitative estimate of drug-likeness (QED) is 0.0528. The summed E-state index contributed by atoms with van der Waals surface area (Å²) in [6.45, 7) is 2.53. The molecule has 1 saturated carbocycles. The van der Waals surface area contributed by atoms with E-state index >= 15 is 0 Å². The van der Waals surface area contributed by atoms with E-state index in [9.17, 15) is 28.0 Å². The first-order valence-corrected chi connectivity index (χ1v) is 21.0. The summed E-state index contributed by atoms with van der Waals surface area (Å²) >= 11 is 5.20. The number of anilines is 1. The van der Waals surface area contributed by atoms with Gasteiger partial charge in [-0.2, -0.15) is 0 Å². The number of aromatic nitrogens is 1. The van der Waals surface area contributed by atoms with Crippen molar-refractivity contribution in [3.05, 3.63) is 89.1 Å². The van der Waals surface area contributed by atoms with E-state index in [1.54, 1.807) is 11.0 Å². The summed E-state index contributed by atoms with van der Waals surface area (Å²) in [4.78, 5) is 51.9. The molecule has 2 fully saturated rings. The maximum absolute atomic E-state index is 14.1. The molecule has 3 aromatic carbocycles. The van der Waals surface area contributed by atoms with Crippen molar-refractivity contribution in [2.24, 2.45) is 5.73 Å². The Bertz CT molecular complexity index is 2220. The normalized spacial score (nSPS) is 18.0. The van der Waals surface area contributed by atoms with Crippen molar-refractivity contribution < 1.29 is 37.4 Å². The molecular weight excluding hydrogens is 777 g/mol. The van der Waals surface area contributed by atoms with Gasteiger partial charge in [0, 0.05) is 98.7 Å². The largest absolute Gasteiger partial charge is 0.389 e. The lowest BCUT2D eigenvalue weighted by Gasteiger charge is -2.29. The summed E-state index contributed by atoms with van der Waals surface area (Å²) in [6, 6.07) is 18.4. The van der Waals surface area contributed by atoms with Gasteiger partial charge in [0.15, 0.2) is 0 Å².